The summed E-state index contributed by atoms with van der Waals surface area (Å²) in [5, 5.41) is 9.00. The first-order valence-corrected chi connectivity index (χ1v) is 6.27. The number of carbonyl (C=O) groups is 1. The number of allylic oxidation sites excluding steroid dienone is 1. The van der Waals surface area contributed by atoms with Crippen molar-refractivity contribution in [3.8, 4) is 6.07 Å². The van der Waals surface area contributed by atoms with Crippen LogP contribution in [0.3, 0.4) is 0 Å². The lowest BCUT2D eigenvalue weighted by molar-refractivity contribution is -0.149. The van der Waals surface area contributed by atoms with Crippen LogP contribution in [-0.2, 0) is 9.53 Å². The predicted molar refractivity (Wildman–Crippen MR) is 66.1 cm³/mol. The van der Waals surface area contributed by atoms with Crippen LogP contribution in [0.5, 0.6) is 0 Å². The molecule has 1 fully saturated rings. The van der Waals surface area contributed by atoms with E-state index in [0.717, 1.165) is 12.8 Å². The standard InChI is InChI=1S/C14H21NO2/c1-14(2,3)17-13(16)12(10-15)9-11-7-5-4-6-8-11/h9,11H,4-8H2,1-3H3. The second-order valence-electron chi connectivity index (χ2n) is 5.59. The van der Waals surface area contributed by atoms with Gasteiger partial charge in [-0.2, -0.15) is 5.26 Å². The molecule has 0 heterocycles. The van der Waals surface area contributed by atoms with Crippen LogP contribution in [0.4, 0.5) is 0 Å². The van der Waals surface area contributed by atoms with Crippen molar-refractivity contribution in [3.05, 3.63) is 11.6 Å². The highest BCUT2D eigenvalue weighted by Crippen LogP contribution is 2.26. The average Bonchev–Trinajstić information content (AvgIpc) is 2.24. The zero-order chi connectivity index (χ0) is 12.9. The van der Waals surface area contributed by atoms with Crippen LogP contribution in [0, 0.1) is 17.2 Å². The number of nitriles is 1. The van der Waals surface area contributed by atoms with Crippen LogP contribution >= 0.6 is 0 Å². The molecule has 94 valence electrons. The highest BCUT2D eigenvalue weighted by molar-refractivity contribution is 5.93. The van der Waals surface area contributed by atoms with E-state index >= 15 is 0 Å². The second-order valence-corrected chi connectivity index (χ2v) is 5.59. The summed E-state index contributed by atoms with van der Waals surface area (Å²) in [5.41, 5.74) is -0.383. The van der Waals surface area contributed by atoms with Crippen molar-refractivity contribution < 1.29 is 9.53 Å². The van der Waals surface area contributed by atoms with Gasteiger partial charge in [-0.25, -0.2) is 4.79 Å². The maximum Gasteiger partial charge on any atom is 0.349 e. The summed E-state index contributed by atoms with van der Waals surface area (Å²) in [5.74, 6) is -0.128. The Morgan fingerprint density at radius 1 is 1.29 bits per heavy atom. The number of hydrogen-bond donors (Lipinski definition) is 0. The van der Waals surface area contributed by atoms with Gasteiger partial charge < -0.3 is 4.74 Å². The number of nitrogens with zero attached hydrogens (tertiary/aromatic N) is 1. The third-order valence-corrected chi connectivity index (χ3v) is 2.79. The molecule has 0 aromatic heterocycles. The molecule has 0 N–H and O–H groups in total. The minimum atomic E-state index is -0.542. The second kappa shape index (κ2) is 5.86. The maximum atomic E-state index is 11.8. The SMILES string of the molecule is CC(C)(C)OC(=O)C(C#N)=CC1CCCCC1. The number of rotatable bonds is 2. The number of ether oxygens (including phenoxy) is 1. The fourth-order valence-electron chi connectivity index (χ4n) is 2.02. The van der Waals surface area contributed by atoms with Gasteiger partial charge in [0, 0.05) is 0 Å². The first-order valence-electron chi connectivity index (χ1n) is 6.27. The third kappa shape index (κ3) is 5.04. The van der Waals surface area contributed by atoms with Gasteiger partial charge in [-0.05, 0) is 39.5 Å². The van der Waals surface area contributed by atoms with Crippen molar-refractivity contribution in [1.82, 2.24) is 0 Å². The molecule has 1 aliphatic carbocycles. The molecule has 0 aliphatic heterocycles. The zero-order valence-electron chi connectivity index (χ0n) is 11.0. The van der Waals surface area contributed by atoms with Crippen LogP contribution in [0.2, 0.25) is 0 Å². The Labute approximate surface area is 103 Å². The van der Waals surface area contributed by atoms with E-state index < -0.39 is 11.6 Å². The molecule has 3 heteroatoms. The van der Waals surface area contributed by atoms with Gasteiger partial charge in [-0.1, -0.05) is 25.3 Å². The van der Waals surface area contributed by atoms with Gasteiger partial charge in [0.25, 0.3) is 0 Å². The first-order chi connectivity index (χ1) is 7.92. The number of esters is 1. The quantitative estimate of drug-likeness (QED) is 0.419. The topological polar surface area (TPSA) is 50.1 Å². The predicted octanol–water partition coefficient (Wildman–Crippen LogP) is 3.36. The van der Waals surface area contributed by atoms with E-state index in [9.17, 15) is 4.79 Å². The Balaban J connectivity index is 2.67. The molecule has 1 aliphatic rings. The van der Waals surface area contributed by atoms with Crippen molar-refractivity contribution in [1.29, 1.82) is 5.26 Å². The molecule has 0 saturated heterocycles. The van der Waals surface area contributed by atoms with Crippen molar-refractivity contribution >= 4 is 5.97 Å². The lowest BCUT2D eigenvalue weighted by Gasteiger charge is -2.21. The molecule has 0 aromatic carbocycles. The fourth-order valence-corrected chi connectivity index (χ4v) is 2.02. The Morgan fingerprint density at radius 3 is 2.35 bits per heavy atom. The summed E-state index contributed by atoms with van der Waals surface area (Å²) < 4.78 is 5.20. The van der Waals surface area contributed by atoms with Gasteiger partial charge in [0.05, 0.1) is 0 Å². The molecular weight excluding hydrogens is 214 g/mol. The summed E-state index contributed by atoms with van der Waals surface area (Å²) in [6, 6.07) is 1.96. The van der Waals surface area contributed by atoms with Crippen LogP contribution in [0.25, 0.3) is 0 Å². The zero-order valence-corrected chi connectivity index (χ0v) is 11.0. The third-order valence-electron chi connectivity index (χ3n) is 2.79. The summed E-state index contributed by atoms with van der Waals surface area (Å²) in [6.07, 6.45) is 7.59. The van der Waals surface area contributed by atoms with Crippen molar-refractivity contribution in [3.63, 3.8) is 0 Å². The normalized spacial score (nSPS) is 18.6. The lowest BCUT2D eigenvalue weighted by Crippen LogP contribution is -2.25. The van der Waals surface area contributed by atoms with Gasteiger partial charge in [0.2, 0.25) is 0 Å². The smallest absolute Gasteiger partial charge is 0.349 e. The molecule has 3 nitrogen and oxygen atoms in total. The van der Waals surface area contributed by atoms with Gasteiger partial charge in [-0.15, -0.1) is 0 Å². The monoisotopic (exact) mass is 235 g/mol. The molecule has 17 heavy (non-hydrogen) atoms. The molecule has 1 rings (SSSR count). The van der Waals surface area contributed by atoms with Gasteiger partial charge in [0.1, 0.15) is 17.2 Å². The maximum absolute atomic E-state index is 11.8. The van der Waals surface area contributed by atoms with Crippen LogP contribution in [0.1, 0.15) is 52.9 Å². The first kappa shape index (κ1) is 13.8. The van der Waals surface area contributed by atoms with E-state index in [1.54, 1.807) is 26.8 Å². The minimum Gasteiger partial charge on any atom is -0.456 e. The van der Waals surface area contributed by atoms with E-state index in [-0.39, 0.29) is 5.57 Å². The number of hydrogen-bond acceptors (Lipinski definition) is 3. The van der Waals surface area contributed by atoms with Gasteiger partial charge >= 0.3 is 5.97 Å². The molecule has 0 radical (unpaired) electrons. The Kier molecular flexibility index (Phi) is 4.74. The molecule has 0 unspecified atom stereocenters. The summed E-state index contributed by atoms with van der Waals surface area (Å²) >= 11 is 0. The summed E-state index contributed by atoms with van der Waals surface area (Å²) in [6.45, 7) is 5.42. The molecule has 1 saturated carbocycles. The largest absolute Gasteiger partial charge is 0.456 e. The number of carbonyl (C=O) groups excluding carboxylic acids is 1. The van der Waals surface area contributed by atoms with E-state index in [1.807, 2.05) is 6.07 Å². The van der Waals surface area contributed by atoms with E-state index in [4.69, 9.17) is 10.00 Å². The highest BCUT2D eigenvalue weighted by Gasteiger charge is 2.21. The van der Waals surface area contributed by atoms with Gasteiger partial charge in [0.15, 0.2) is 0 Å². The molecular formula is C14H21NO2. The Hall–Kier alpha value is -1.30. The summed E-state index contributed by atoms with van der Waals surface area (Å²) in [7, 11) is 0. The molecule has 0 bridgehead atoms. The van der Waals surface area contributed by atoms with Gasteiger partial charge in [-0.3, -0.25) is 0 Å². The molecule has 0 atom stereocenters. The Bertz CT molecular complexity index is 338. The molecule has 0 amide bonds. The Morgan fingerprint density at radius 2 is 1.88 bits per heavy atom. The van der Waals surface area contributed by atoms with Crippen LogP contribution in [0.15, 0.2) is 11.6 Å². The average molecular weight is 235 g/mol. The summed E-state index contributed by atoms with van der Waals surface area (Å²) in [4.78, 5) is 11.8. The lowest BCUT2D eigenvalue weighted by atomic mass is 9.88. The van der Waals surface area contributed by atoms with E-state index in [1.165, 1.54) is 19.3 Å². The van der Waals surface area contributed by atoms with E-state index in [0.29, 0.717) is 5.92 Å². The highest BCUT2D eigenvalue weighted by atomic mass is 16.6. The van der Waals surface area contributed by atoms with Crippen molar-refractivity contribution in [2.24, 2.45) is 5.92 Å². The minimum absolute atomic E-state index is 0.159. The molecule has 0 spiro atoms. The van der Waals surface area contributed by atoms with Crippen molar-refractivity contribution in [2.75, 3.05) is 0 Å². The molecule has 0 aromatic rings. The van der Waals surface area contributed by atoms with Crippen LogP contribution in [-0.4, -0.2) is 11.6 Å². The fraction of sp³-hybridized carbons (Fsp3) is 0.714. The van der Waals surface area contributed by atoms with Crippen molar-refractivity contribution in [2.45, 2.75) is 58.5 Å². The van der Waals surface area contributed by atoms with Crippen LogP contribution < -0.4 is 0 Å². The van der Waals surface area contributed by atoms with E-state index in [2.05, 4.69) is 0 Å².